The molecule has 0 bridgehead atoms. The third kappa shape index (κ3) is 5.54. The standard InChI is InChI=1S/C12H16O2.C2H6/c1-3-11(13)8-10-6-5-7-12(9-10)14-4-2;1-2/h5-7,9H,3-4,8H2,1-2H3;1-2H3. The molecule has 0 unspecified atom stereocenters. The maximum Gasteiger partial charge on any atom is 0.136 e. The third-order valence-corrected chi connectivity index (χ3v) is 2.01. The van der Waals surface area contributed by atoms with E-state index in [9.17, 15) is 4.79 Å². The van der Waals surface area contributed by atoms with Crippen LogP contribution in [0.4, 0.5) is 0 Å². The van der Waals surface area contributed by atoms with E-state index in [1.165, 1.54) is 0 Å². The molecule has 0 saturated heterocycles. The quantitative estimate of drug-likeness (QED) is 0.760. The minimum atomic E-state index is 0.263. The molecule has 2 heteroatoms. The molecule has 0 heterocycles. The van der Waals surface area contributed by atoms with Crippen LogP contribution < -0.4 is 4.74 Å². The summed E-state index contributed by atoms with van der Waals surface area (Å²) in [6.07, 6.45) is 1.11. The highest BCUT2D eigenvalue weighted by atomic mass is 16.5. The molecule has 0 radical (unpaired) electrons. The van der Waals surface area contributed by atoms with Gasteiger partial charge in [-0.05, 0) is 24.6 Å². The Hall–Kier alpha value is -1.31. The summed E-state index contributed by atoms with van der Waals surface area (Å²) in [5.74, 6) is 1.10. The lowest BCUT2D eigenvalue weighted by molar-refractivity contribution is -0.118. The molecule has 0 amide bonds. The Kier molecular flexibility index (Phi) is 8.22. The van der Waals surface area contributed by atoms with Crippen molar-refractivity contribution >= 4 is 5.78 Å². The van der Waals surface area contributed by atoms with E-state index in [0.29, 0.717) is 19.4 Å². The number of ketones is 1. The van der Waals surface area contributed by atoms with Gasteiger partial charge in [0.2, 0.25) is 0 Å². The first-order chi connectivity index (χ1) is 7.76. The van der Waals surface area contributed by atoms with Crippen molar-refractivity contribution in [1.82, 2.24) is 0 Å². The summed E-state index contributed by atoms with van der Waals surface area (Å²) >= 11 is 0. The highest BCUT2D eigenvalue weighted by Crippen LogP contribution is 2.14. The van der Waals surface area contributed by atoms with Crippen LogP contribution in [0.15, 0.2) is 24.3 Å². The van der Waals surface area contributed by atoms with Crippen LogP contribution >= 0.6 is 0 Å². The van der Waals surface area contributed by atoms with E-state index in [-0.39, 0.29) is 5.78 Å². The van der Waals surface area contributed by atoms with Gasteiger partial charge < -0.3 is 4.74 Å². The molecule has 0 aliphatic carbocycles. The molecule has 2 nitrogen and oxygen atoms in total. The fourth-order valence-corrected chi connectivity index (χ4v) is 1.26. The SMILES string of the molecule is CC.CCOc1cccc(CC(=O)CC)c1. The normalized spacial score (nSPS) is 9.00. The molecule has 0 spiro atoms. The minimum Gasteiger partial charge on any atom is -0.494 e. The average molecular weight is 222 g/mol. The van der Waals surface area contributed by atoms with Crippen LogP contribution in [0, 0.1) is 0 Å². The smallest absolute Gasteiger partial charge is 0.136 e. The highest BCUT2D eigenvalue weighted by Gasteiger charge is 2.01. The molecule has 0 aliphatic heterocycles. The summed E-state index contributed by atoms with van der Waals surface area (Å²) in [5, 5.41) is 0. The number of Topliss-reactive ketones (excluding diaryl/α,β-unsaturated/α-hetero) is 1. The second-order valence-corrected chi connectivity index (χ2v) is 3.15. The van der Waals surface area contributed by atoms with E-state index in [2.05, 4.69) is 0 Å². The van der Waals surface area contributed by atoms with Gasteiger partial charge in [-0.1, -0.05) is 32.9 Å². The predicted molar refractivity (Wildman–Crippen MR) is 68.0 cm³/mol. The lowest BCUT2D eigenvalue weighted by atomic mass is 10.1. The maximum absolute atomic E-state index is 11.2. The molecule has 90 valence electrons. The number of carbonyl (C=O) groups is 1. The van der Waals surface area contributed by atoms with Gasteiger partial charge in [-0.3, -0.25) is 4.79 Å². The van der Waals surface area contributed by atoms with E-state index in [1.807, 2.05) is 52.0 Å². The predicted octanol–water partition coefficient (Wildman–Crippen LogP) is 3.63. The van der Waals surface area contributed by atoms with Crippen LogP contribution in [0.2, 0.25) is 0 Å². The first-order valence-electron chi connectivity index (χ1n) is 5.99. The van der Waals surface area contributed by atoms with Crippen molar-refractivity contribution in [1.29, 1.82) is 0 Å². The summed E-state index contributed by atoms with van der Waals surface area (Å²) in [6, 6.07) is 7.71. The molecule has 0 N–H and O–H groups in total. The lowest BCUT2D eigenvalue weighted by Gasteiger charge is -2.04. The average Bonchev–Trinajstić information content (AvgIpc) is 2.32. The second kappa shape index (κ2) is 8.96. The van der Waals surface area contributed by atoms with Crippen LogP contribution in [0.3, 0.4) is 0 Å². The van der Waals surface area contributed by atoms with Gasteiger partial charge in [0.05, 0.1) is 6.61 Å². The fraction of sp³-hybridized carbons (Fsp3) is 0.500. The first-order valence-corrected chi connectivity index (χ1v) is 5.99. The van der Waals surface area contributed by atoms with Gasteiger partial charge in [-0.15, -0.1) is 0 Å². The van der Waals surface area contributed by atoms with E-state index in [4.69, 9.17) is 4.74 Å². The Morgan fingerprint density at radius 3 is 2.50 bits per heavy atom. The zero-order valence-corrected chi connectivity index (χ0v) is 10.7. The molecule has 16 heavy (non-hydrogen) atoms. The molecule has 1 aromatic rings. The lowest BCUT2D eigenvalue weighted by Crippen LogP contribution is -2.00. The number of carbonyl (C=O) groups excluding carboxylic acids is 1. The van der Waals surface area contributed by atoms with Gasteiger partial charge in [-0.25, -0.2) is 0 Å². The summed E-state index contributed by atoms with van der Waals surface area (Å²) in [4.78, 5) is 11.2. The Morgan fingerprint density at radius 1 is 1.25 bits per heavy atom. The maximum atomic E-state index is 11.2. The third-order valence-electron chi connectivity index (χ3n) is 2.01. The molecular weight excluding hydrogens is 200 g/mol. The Labute approximate surface area is 98.6 Å². The van der Waals surface area contributed by atoms with Crippen LogP contribution in [0.1, 0.15) is 39.7 Å². The summed E-state index contributed by atoms with van der Waals surface area (Å²) < 4.78 is 5.35. The largest absolute Gasteiger partial charge is 0.494 e. The number of hydrogen-bond acceptors (Lipinski definition) is 2. The van der Waals surface area contributed by atoms with Gasteiger partial charge in [0.25, 0.3) is 0 Å². The summed E-state index contributed by atoms with van der Waals surface area (Å²) in [7, 11) is 0. The summed E-state index contributed by atoms with van der Waals surface area (Å²) in [6.45, 7) is 8.49. The molecule has 1 rings (SSSR count). The van der Waals surface area contributed by atoms with Crippen molar-refractivity contribution in [3.05, 3.63) is 29.8 Å². The molecule has 0 fully saturated rings. The van der Waals surface area contributed by atoms with E-state index < -0.39 is 0 Å². The van der Waals surface area contributed by atoms with Crippen molar-refractivity contribution < 1.29 is 9.53 Å². The topological polar surface area (TPSA) is 26.3 Å². The molecule has 0 aromatic heterocycles. The number of ether oxygens (including phenoxy) is 1. The van der Waals surface area contributed by atoms with Gasteiger partial charge in [0.15, 0.2) is 0 Å². The van der Waals surface area contributed by atoms with Crippen molar-refractivity contribution in [2.45, 2.75) is 40.5 Å². The number of rotatable bonds is 5. The molecule has 0 saturated carbocycles. The van der Waals surface area contributed by atoms with E-state index in [1.54, 1.807) is 0 Å². The monoisotopic (exact) mass is 222 g/mol. The minimum absolute atomic E-state index is 0.263. The zero-order valence-electron chi connectivity index (χ0n) is 10.7. The van der Waals surface area contributed by atoms with Crippen molar-refractivity contribution in [2.24, 2.45) is 0 Å². The van der Waals surface area contributed by atoms with Crippen molar-refractivity contribution in [3.63, 3.8) is 0 Å². The fourth-order valence-electron chi connectivity index (χ4n) is 1.26. The van der Waals surface area contributed by atoms with Crippen molar-refractivity contribution in [3.8, 4) is 5.75 Å². The van der Waals surface area contributed by atoms with Gasteiger partial charge >= 0.3 is 0 Å². The Morgan fingerprint density at radius 2 is 1.94 bits per heavy atom. The van der Waals surface area contributed by atoms with E-state index >= 15 is 0 Å². The second-order valence-electron chi connectivity index (χ2n) is 3.15. The zero-order chi connectivity index (χ0) is 12.4. The van der Waals surface area contributed by atoms with Gasteiger partial charge in [-0.2, -0.15) is 0 Å². The summed E-state index contributed by atoms with van der Waals surface area (Å²) in [5.41, 5.74) is 1.03. The Bertz CT molecular complexity index is 305. The van der Waals surface area contributed by atoms with E-state index in [0.717, 1.165) is 11.3 Å². The first kappa shape index (κ1) is 14.7. The molecule has 1 aromatic carbocycles. The highest BCUT2D eigenvalue weighted by molar-refractivity contribution is 5.80. The van der Waals surface area contributed by atoms with Gasteiger partial charge in [0.1, 0.15) is 11.5 Å². The molecular formula is C14H22O2. The number of benzene rings is 1. The number of hydrogen-bond donors (Lipinski definition) is 0. The van der Waals surface area contributed by atoms with Crippen LogP contribution in [0.5, 0.6) is 5.75 Å². The molecule has 0 atom stereocenters. The van der Waals surface area contributed by atoms with Crippen LogP contribution in [-0.4, -0.2) is 12.4 Å². The van der Waals surface area contributed by atoms with Crippen molar-refractivity contribution in [2.75, 3.05) is 6.61 Å². The Balaban J connectivity index is 0.00000106. The molecule has 0 aliphatic rings. The van der Waals surface area contributed by atoms with Crippen LogP contribution in [-0.2, 0) is 11.2 Å². The van der Waals surface area contributed by atoms with Gasteiger partial charge in [0, 0.05) is 12.8 Å². The van der Waals surface area contributed by atoms with Crippen LogP contribution in [0.25, 0.3) is 0 Å².